The average Bonchev–Trinajstić information content (AvgIpc) is 3.52. The molecular formula is C21H24N4O5S2. The van der Waals surface area contributed by atoms with E-state index in [1.54, 1.807) is 16.8 Å². The molecule has 0 spiro atoms. The molecule has 1 N–H and O–H groups in total. The molecule has 32 heavy (non-hydrogen) atoms. The highest BCUT2D eigenvalue weighted by molar-refractivity contribution is 7.89. The molecule has 2 fully saturated rings. The van der Waals surface area contributed by atoms with Gasteiger partial charge in [0.05, 0.1) is 18.2 Å². The van der Waals surface area contributed by atoms with E-state index >= 15 is 0 Å². The van der Waals surface area contributed by atoms with E-state index in [4.69, 9.17) is 0 Å². The molecule has 2 aliphatic rings. The van der Waals surface area contributed by atoms with Crippen LogP contribution in [0.15, 0.2) is 46.2 Å². The Morgan fingerprint density at radius 1 is 1.34 bits per heavy atom. The van der Waals surface area contributed by atoms with Gasteiger partial charge in [-0.2, -0.15) is 15.6 Å². The van der Waals surface area contributed by atoms with Gasteiger partial charge in [0, 0.05) is 24.3 Å². The predicted molar refractivity (Wildman–Crippen MR) is 118 cm³/mol. The van der Waals surface area contributed by atoms with E-state index in [-0.39, 0.29) is 35.6 Å². The number of hydrogen-bond donors (Lipinski definition) is 1. The van der Waals surface area contributed by atoms with Crippen molar-refractivity contribution in [2.45, 2.75) is 49.2 Å². The zero-order valence-corrected chi connectivity index (χ0v) is 19.1. The minimum absolute atomic E-state index is 0.0186. The largest absolute Gasteiger partial charge is 0.340 e. The summed E-state index contributed by atoms with van der Waals surface area (Å²) in [5.41, 5.74) is 0.480. The Hall–Kier alpha value is -2.63. The molecule has 2 amide bonds. The molecule has 2 aliphatic heterocycles. The Kier molecular flexibility index (Phi) is 6.40. The lowest BCUT2D eigenvalue weighted by Crippen LogP contribution is -2.52. The maximum absolute atomic E-state index is 13.3. The second-order valence-electron chi connectivity index (χ2n) is 7.86. The van der Waals surface area contributed by atoms with Crippen LogP contribution in [0.2, 0.25) is 0 Å². The van der Waals surface area contributed by atoms with Crippen LogP contribution in [0.4, 0.5) is 0 Å². The number of Topliss-reactive ketones (excluding diaryl/α,β-unsaturated/α-hetero) is 1. The molecule has 2 aromatic rings. The number of hydrogen-bond acceptors (Lipinski definition) is 7. The first-order valence-corrected chi connectivity index (χ1v) is 12.8. The van der Waals surface area contributed by atoms with Crippen LogP contribution < -0.4 is 5.32 Å². The van der Waals surface area contributed by atoms with Crippen molar-refractivity contribution in [1.82, 2.24) is 19.5 Å². The molecular weight excluding hydrogens is 452 g/mol. The first kappa shape index (κ1) is 22.6. The van der Waals surface area contributed by atoms with E-state index in [9.17, 15) is 22.8 Å². The van der Waals surface area contributed by atoms with Crippen molar-refractivity contribution in [2.24, 2.45) is 0 Å². The Bertz CT molecular complexity index is 1100. The van der Waals surface area contributed by atoms with Gasteiger partial charge in [-0.25, -0.2) is 8.42 Å². The number of carbonyl (C=O) groups is 3. The van der Waals surface area contributed by atoms with Crippen molar-refractivity contribution in [3.8, 4) is 0 Å². The van der Waals surface area contributed by atoms with Crippen molar-refractivity contribution in [1.29, 1.82) is 0 Å². The average molecular weight is 477 g/mol. The Morgan fingerprint density at radius 3 is 2.81 bits per heavy atom. The Morgan fingerprint density at radius 2 is 2.16 bits per heavy atom. The third kappa shape index (κ3) is 4.07. The second-order valence-corrected chi connectivity index (χ2v) is 10.5. The molecule has 0 radical (unpaired) electrons. The number of nitrogens with zero attached hydrogens (tertiary/aromatic N) is 3. The molecule has 4 rings (SSSR count). The van der Waals surface area contributed by atoms with Gasteiger partial charge in [-0.1, -0.05) is 13.3 Å². The molecule has 2 saturated heterocycles. The number of thiophene rings is 1. The Labute approximate surface area is 190 Å². The molecule has 0 saturated carbocycles. The SMILES string of the molecule is CCCC(NC(=O)c1ccsc1)C(=O)N1CCC2C1C(=O)CN2S(=O)(=O)c1cccnc1. The van der Waals surface area contributed by atoms with Gasteiger partial charge in [0.25, 0.3) is 5.91 Å². The zero-order valence-electron chi connectivity index (χ0n) is 17.5. The van der Waals surface area contributed by atoms with Crippen LogP contribution in [-0.2, 0) is 19.6 Å². The highest BCUT2D eigenvalue weighted by Gasteiger charge is 2.54. The summed E-state index contributed by atoms with van der Waals surface area (Å²) in [5.74, 6) is -1.00. The zero-order chi connectivity index (χ0) is 22.9. The van der Waals surface area contributed by atoms with Crippen LogP contribution in [0.25, 0.3) is 0 Å². The third-order valence-electron chi connectivity index (χ3n) is 5.87. The molecule has 0 aromatic carbocycles. The molecule has 3 unspecified atom stereocenters. The summed E-state index contributed by atoms with van der Waals surface area (Å²) in [5, 5.41) is 6.27. The molecule has 0 bridgehead atoms. The van der Waals surface area contributed by atoms with E-state index in [1.165, 1.54) is 45.1 Å². The minimum Gasteiger partial charge on any atom is -0.340 e. The van der Waals surface area contributed by atoms with Crippen molar-refractivity contribution in [3.05, 3.63) is 46.9 Å². The van der Waals surface area contributed by atoms with Gasteiger partial charge in [0.1, 0.15) is 17.0 Å². The molecule has 11 heteroatoms. The summed E-state index contributed by atoms with van der Waals surface area (Å²) in [4.78, 5) is 44.0. The predicted octanol–water partition coefficient (Wildman–Crippen LogP) is 1.28. The lowest BCUT2D eigenvalue weighted by molar-refractivity contribution is -0.138. The number of carbonyl (C=O) groups excluding carboxylic acids is 3. The molecule has 9 nitrogen and oxygen atoms in total. The first-order valence-electron chi connectivity index (χ1n) is 10.4. The van der Waals surface area contributed by atoms with Crippen LogP contribution in [0, 0.1) is 0 Å². The standard InChI is InChI=1S/C21H24N4O5S2/c1-2-4-16(23-20(27)14-7-10-31-13-14)21(28)24-9-6-17-19(24)18(26)12-25(17)32(29,30)15-5-3-8-22-11-15/h3,5,7-8,10-11,13,16-17,19H,2,4,6,9,12H2,1H3,(H,23,27). The number of likely N-dealkylation sites (tertiary alicyclic amines) is 1. The van der Waals surface area contributed by atoms with Gasteiger partial charge < -0.3 is 10.2 Å². The maximum atomic E-state index is 13.3. The van der Waals surface area contributed by atoms with E-state index in [1.807, 2.05) is 6.92 Å². The van der Waals surface area contributed by atoms with E-state index in [2.05, 4.69) is 10.3 Å². The number of fused-ring (bicyclic) bond motifs is 1. The van der Waals surface area contributed by atoms with Crippen LogP contribution in [0.1, 0.15) is 36.5 Å². The van der Waals surface area contributed by atoms with E-state index < -0.39 is 28.1 Å². The van der Waals surface area contributed by atoms with E-state index in [0.717, 1.165) is 0 Å². The lowest BCUT2D eigenvalue weighted by Gasteiger charge is -2.28. The lowest BCUT2D eigenvalue weighted by atomic mass is 10.1. The van der Waals surface area contributed by atoms with Crippen molar-refractivity contribution < 1.29 is 22.8 Å². The summed E-state index contributed by atoms with van der Waals surface area (Å²) in [7, 11) is -3.91. The van der Waals surface area contributed by atoms with Crippen molar-refractivity contribution in [3.63, 3.8) is 0 Å². The van der Waals surface area contributed by atoms with Crippen LogP contribution in [0.5, 0.6) is 0 Å². The fourth-order valence-electron chi connectivity index (χ4n) is 4.36. The van der Waals surface area contributed by atoms with Crippen LogP contribution in [0.3, 0.4) is 0 Å². The van der Waals surface area contributed by atoms with Gasteiger partial charge in [-0.15, -0.1) is 0 Å². The topological polar surface area (TPSA) is 117 Å². The summed E-state index contributed by atoms with van der Waals surface area (Å²) >= 11 is 1.39. The van der Waals surface area contributed by atoms with Crippen molar-refractivity contribution >= 4 is 39.0 Å². The quantitative estimate of drug-likeness (QED) is 0.644. The normalized spacial score (nSPS) is 22.0. The number of pyridine rings is 1. The molecule has 4 heterocycles. The molecule has 0 aliphatic carbocycles. The maximum Gasteiger partial charge on any atom is 0.252 e. The summed E-state index contributed by atoms with van der Waals surface area (Å²) in [6.45, 7) is 1.89. The highest BCUT2D eigenvalue weighted by Crippen LogP contribution is 2.34. The second kappa shape index (κ2) is 9.08. The Balaban J connectivity index is 1.53. The summed E-state index contributed by atoms with van der Waals surface area (Å²) < 4.78 is 27.4. The molecule has 3 atom stereocenters. The number of aromatic nitrogens is 1. The number of sulfonamides is 1. The third-order valence-corrected chi connectivity index (χ3v) is 8.40. The first-order chi connectivity index (χ1) is 15.3. The van der Waals surface area contributed by atoms with Crippen LogP contribution in [-0.4, -0.2) is 71.4 Å². The van der Waals surface area contributed by atoms with Gasteiger partial charge in [-0.3, -0.25) is 19.4 Å². The highest BCUT2D eigenvalue weighted by atomic mass is 32.2. The summed E-state index contributed by atoms with van der Waals surface area (Å²) in [6.07, 6.45) is 4.18. The summed E-state index contributed by atoms with van der Waals surface area (Å²) in [6, 6.07) is 2.41. The molecule has 170 valence electrons. The smallest absolute Gasteiger partial charge is 0.252 e. The van der Waals surface area contributed by atoms with Crippen molar-refractivity contribution in [2.75, 3.05) is 13.1 Å². The van der Waals surface area contributed by atoms with E-state index in [0.29, 0.717) is 24.8 Å². The number of rotatable bonds is 7. The number of nitrogens with one attached hydrogen (secondary N) is 1. The van der Waals surface area contributed by atoms with Gasteiger partial charge in [-0.05, 0) is 36.4 Å². The molecule has 2 aromatic heterocycles. The fraction of sp³-hybridized carbons (Fsp3) is 0.429. The number of amides is 2. The van der Waals surface area contributed by atoms with Gasteiger partial charge in [0.15, 0.2) is 5.78 Å². The fourth-order valence-corrected chi connectivity index (χ4v) is 6.58. The minimum atomic E-state index is -3.91. The van der Waals surface area contributed by atoms with Gasteiger partial charge in [0.2, 0.25) is 15.9 Å². The van der Waals surface area contributed by atoms with Crippen LogP contribution >= 0.6 is 11.3 Å². The number of ketones is 1. The van der Waals surface area contributed by atoms with Gasteiger partial charge >= 0.3 is 0 Å². The monoisotopic (exact) mass is 476 g/mol.